The van der Waals surface area contributed by atoms with Crippen molar-refractivity contribution in [3.05, 3.63) is 29.3 Å². The Morgan fingerprint density at radius 2 is 1.96 bits per heavy atom. The molecule has 5 heteroatoms. The Hall–Kier alpha value is -1.88. The van der Waals surface area contributed by atoms with E-state index in [1.807, 2.05) is 26.8 Å². The highest BCUT2D eigenvalue weighted by atomic mass is 16.5. The number of rotatable bonds is 10. The Morgan fingerprint density at radius 1 is 1.22 bits per heavy atom. The zero-order valence-corrected chi connectivity index (χ0v) is 14.5. The average Bonchev–Trinajstić information content (AvgIpc) is 2.51. The number of carbonyl (C=O) groups excluding carboxylic acids is 2. The van der Waals surface area contributed by atoms with Gasteiger partial charge in [-0.15, -0.1) is 0 Å². The molecule has 0 bridgehead atoms. The second kappa shape index (κ2) is 10.0. The van der Waals surface area contributed by atoms with E-state index in [2.05, 4.69) is 5.32 Å². The predicted molar refractivity (Wildman–Crippen MR) is 90.0 cm³/mol. The number of carbonyl (C=O) groups is 2. The van der Waals surface area contributed by atoms with Gasteiger partial charge in [0.2, 0.25) is 5.91 Å². The summed E-state index contributed by atoms with van der Waals surface area (Å²) in [6.07, 6.45) is 1.33. The summed E-state index contributed by atoms with van der Waals surface area (Å²) in [5.41, 5.74) is 1.52. The third-order valence-corrected chi connectivity index (χ3v) is 3.33. The largest absolute Gasteiger partial charge is 0.496 e. The first-order chi connectivity index (χ1) is 10.9. The highest BCUT2D eigenvalue weighted by molar-refractivity contribution is 6.00. The fourth-order valence-corrected chi connectivity index (χ4v) is 2.11. The van der Waals surface area contributed by atoms with Crippen LogP contribution in [0.15, 0.2) is 18.2 Å². The van der Waals surface area contributed by atoms with Gasteiger partial charge >= 0.3 is 0 Å². The zero-order chi connectivity index (χ0) is 17.2. The van der Waals surface area contributed by atoms with Gasteiger partial charge in [-0.05, 0) is 39.3 Å². The maximum absolute atomic E-state index is 12.3. The molecule has 0 heterocycles. The van der Waals surface area contributed by atoms with Crippen molar-refractivity contribution in [2.24, 2.45) is 0 Å². The number of nitrogens with one attached hydrogen (secondary N) is 1. The first-order valence-corrected chi connectivity index (χ1v) is 8.00. The van der Waals surface area contributed by atoms with Crippen LogP contribution in [0.4, 0.5) is 0 Å². The molecule has 0 aliphatic rings. The van der Waals surface area contributed by atoms with E-state index in [0.717, 1.165) is 12.0 Å². The molecule has 5 nitrogen and oxygen atoms in total. The van der Waals surface area contributed by atoms with Gasteiger partial charge in [0, 0.05) is 26.0 Å². The van der Waals surface area contributed by atoms with Gasteiger partial charge in [0.1, 0.15) is 5.75 Å². The number of hydrogen-bond acceptors (Lipinski definition) is 4. The molecule has 0 aromatic heterocycles. The molecular formula is C18H27NO4. The van der Waals surface area contributed by atoms with Crippen LogP contribution in [0.3, 0.4) is 0 Å². The fraction of sp³-hybridized carbons (Fsp3) is 0.556. The van der Waals surface area contributed by atoms with Crippen LogP contribution < -0.4 is 10.1 Å². The first kappa shape index (κ1) is 19.2. The topological polar surface area (TPSA) is 64.6 Å². The number of ether oxygens (including phenoxy) is 2. The van der Waals surface area contributed by atoms with Gasteiger partial charge in [-0.2, -0.15) is 0 Å². The zero-order valence-electron chi connectivity index (χ0n) is 14.5. The Kier molecular flexibility index (Phi) is 8.33. The van der Waals surface area contributed by atoms with Gasteiger partial charge in [0.05, 0.1) is 18.8 Å². The second-order valence-corrected chi connectivity index (χ2v) is 5.75. The smallest absolute Gasteiger partial charge is 0.220 e. The second-order valence-electron chi connectivity index (χ2n) is 5.75. The molecule has 0 radical (unpaired) electrons. The Balaban J connectivity index is 2.35. The van der Waals surface area contributed by atoms with E-state index >= 15 is 0 Å². The molecule has 1 aromatic rings. The Labute approximate surface area is 138 Å². The van der Waals surface area contributed by atoms with E-state index in [1.165, 1.54) is 7.11 Å². The molecule has 0 spiro atoms. The van der Waals surface area contributed by atoms with Crippen LogP contribution in [-0.2, 0) is 9.53 Å². The molecular weight excluding hydrogens is 294 g/mol. The SMILES string of the molecule is COc1ccc(C)cc1C(=O)CCC(=O)NCCCOC(C)C. The summed E-state index contributed by atoms with van der Waals surface area (Å²) < 4.78 is 10.6. The highest BCUT2D eigenvalue weighted by Gasteiger charge is 2.14. The molecule has 1 N–H and O–H groups in total. The number of hydrogen-bond donors (Lipinski definition) is 1. The summed E-state index contributed by atoms with van der Waals surface area (Å²) in [6.45, 7) is 7.06. The Morgan fingerprint density at radius 3 is 2.61 bits per heavy atom. The highest BCUT2D eigenvalue weighted by Crippen LogP contribution is 2.21. The molecule has 0 aliphatic carbocycles. The third-order valence-electron chi connectivity index (χ3n) is 3.33. The van der Waals surface area contributed by atoms with Gasteiger partial charge in [-0.3, -0.25) is 9.59 Å². The number of Topliss-reactive ketones (excluding diaryl/α,β-unsaturated/α-hetero) is 1. The van der Waals surface area contributed by atoms with Crippen LogP contribution in [0.1, 0.15) is 49.0 Å². The molecule has 1 rings (SSSR count). The van der Waals surface area contributed by atoms with Gasteiger partial charge < -0.3 is 14.8 Å². The van der Waals surface area contributed by atoms with E-state index in [-0.39, 0.29) is 30.6 Å². The van der Waals surface area contributed by atoms with E-state index < -0.39 is 0 Å². The predicted octanol–water partition coefficient (Wildman–Crippen LogP) is 2.90. The van der Waals surface area contributed by atoms with Crippen LogP contribution in [-0.4, -0.2) is 38.1 Å². The van der Waals surface area contributed by atoms with Gasteiger partial charge in [0.25, 0.3) is 0 Å². The van der Waals surface area contributed by atoms with Crippen molar-refractivity contribution in [2.75, 3.05) is 20.3 Å². The van der Waals surface area contributed by atoms with Crippen LogP contribution in [0.5, 0.6) is 5.75 Å². The van der Waals surface area contributed by atoms with Crippen molar-refractivity contribution in [1.29, 1.82) is 0 Å². The van der Waals surface area contributed by atoms with Gasteiger partial charge in [0.15, 0.2) is 5.78 Å². The monoisotopic (exact) mass is 321 g/mol. The van der Waals surface area contributed by atoms with Crippen molar-refractivity contribution in [3.8, 4) is 5.75 Å². The lowest BCUT2D eigenvalue weighted by molar-refractivity contribution is -0.121. The number of amides is 1. The van der Waals surface area contributed by atoms with Crippen molar-refractivity contribution >= 4 is 11.7 Å². The standard InChI is InChI=1S/C18H27NO4/c1-13(2)23-11-5-10-19-18(21)9-7-16(20)15-12-14(3)6-8-17(15)22-4/h6,8,12-13H,5,7,9-11H2,1-4H3,(H,19,21). The Bertz CT molecular complexity index is 526. The third kappa shape index (κ3) is 7.28. The molecule has 0 fully saturated rings. The van der Waals surface area contributed by atoms with Crippen LogP contribution >= 0.6 is 0 Å². The minimum atomic E-state index is -0.116. The van der Waals surface area contributed by atoms with E-state index in [9.17, 15) is 9.59 Å². The van der Waals surface area contributed by atoms with Crippen LogP contribution in [0.25, 0.3) is 0 Å². The van der Waals surface area contributed by atoms with Crippen molar-refractivity contribution in [3.63, 3.8) is 0 Å². The van der Waals surface area contributed by atoms with E-state index in [1.54, 1.807) is 12.1 Å². The molecule has 0 saturated heterocycles. The van der Waals surface area contributed by atoms with E-state index in [0.29, 0.717) is 24.5 Å². The van der Waals surface area contributed by atoms with Gasteiger partial charge in [-0.25, -0.2) is 0 Å². The summed E-state index contributed by atoms with van der Waals surface area (Å²) in [6, 6.07) is 5.46. The molecule has 1 amide bonds. The average molecular weight is 321 g/mol. The minimum Gasteiger partial charge on any atom is -0.496 e. The lowest BCUT2D eigenvalue weighted by Crippen LogP contribution is -2.26. The molecule has 23 heavy (non-hydrogen) atoms. The number of aryl methyl sites for hydroxylation is 1. The quantitative estimate of drug-likeness (QED) is 0.531. The lowest BCUT2D eigenvalue weighted by Gasteiger charge is -2.09. The molecule has 0 aliphatic heterocycles. The maximum atomic E-state index is 12.3. The van der Waals surface area contributed by atoms with Crippen molar-refractivity contribution in [1.82, 2.24) is 5.32 Å². The summed E-state index contributed by atoms with van der Waals surface area (Å²) in [4.78, 5) is 24.0. The van der Waals surface area contributed by atoms with Crippen LogP contribution in [0.2, 0.25) is 0 Å². The normalized spacial score (nSPS) is 10.7. The summed E-state index contributed by atoms with van der Waals surface area (Å²) in [5, 5.41) is 2.80. The van der Waals surface area contributed by atoms with E-state index in [4.69, 9.17) is 9.47 Å². The van der Waals surface area contributed by atoms with Crippen molar-refractivity contribution < 1.29 is 19.1 Å². The number of benzene rings is 1. The maximum Gasteiger partial charge on any atom is 0.220 e. The lowest BCUT2D eigenvalue weighted by atomic mass is 10.0. The molecule has 0 unspecified atom stereocenters. The molecule has 0 saturated carbocycles. The first-order valence-electron chi connectivity index (χ1n) is 8.00. The van der Waals surface area contributed by atoms with Crippen molar-refractivity contribution in [2.45, 2.75) is 46.1 Å². The van der Waals surface area contributed by atoms with Crippen LogP contribution in [0, 0.1) is 6.92 Å². The summed E-state index contributed by atoms with van der Waals surface area (Å²) in [7, 11) is 1.54. The fourth-order valence-electron chi connectivity index (χ4n) is 2.11. The molecule has 128 valence electrons. The molecule has 1 aromatic carbocycles. The molecule has 0 atom stereocenters. The number of methoxy groups -OCH3 is 1. The van der Waals surface area contributed by atoms with Gasteiger partial charge in [-0.1, -0.05) is 11.6 Å². The number of ketones is 1. The summed E-state index contributed by atoms with van der Waals surface area (Å²) in [5.74, 6) is 0.352. The summed E-state index contributed by atoms with van der Waals surface area (Å²) >= 11 is 0. The minimum absolute atomic E-state index is 0.0798.